The van der Waals surface area contributed by atoms with Crippen LogP contribution in [0.2, 0.25) is 0 Å². The van der Waals surface area contributed by atoms with Crippen LogP contribution in [0.3, 0.4) is 0 Å². The first-order chi connectivity index (χ1) is 7.79. The van der Waals surface area contributed by atoms with E-state index in [2.05, 4.69) is 0 Å². The Balaban J connectivity index is 1.89. The Labute approximate surface area is 94.1 Å². The number of hydrogen-bond donors (Lipinski definition) is 0. The molecule has 0 spiro atoms. The van der Waals surface area contributed by atoms with Crippen molar-refractivity contribution in [3.63, 3.8) is 0 Å². The lowest BCUT2D eigenvalue weighted by molar-refractivity contribution is 0.0526. The summed E-state index contributed by atoms with van der Waals surface area (Å²) < 4.78 is 15.3. The molecule has 16 heavy (non-hydrogen) atoms. The van der Waals surface area contributed by atoms with Crippen LogP contribution in [0.1, 0.15) is 17.3 Å². The lowest BCUT2D eigenvalue weighted by atomic mass is 10.2. The van der Waals surface area contributed by atoms with Gasteiger partial charge in [0.2, 0.25) is 0 Å². The van der Waals surface area contributed by atoms with Gasteiger partial charge in [-0.2, -0.15) is 0 Å². The van der Waals surface area contributed by atoms with E-state index < -0.39 is 0 Å². The Hall–Kier alpha value is -1.55. The van der Waals surface area contributed by atoms with Crippen LogP contribution in [0.5, 0.6) is 5.75 Å². The van der Waals surface area contributed by atoms with Crippen molar-refractivity contribution in [2.24, 2.45) is 0 Å². The molecule has 4 heteroatoms. The summed E-state index contributed by atoms with van der Waals surface area (Å²) >= 11 is 0. The van der Waals surface area contributed by atoms with Crippen LogP contribution in [0.25, 0.3) is 0 Å². The number of carbonyl (C=O) groups excluding carboxylic acids is 1. The molecule has 4 nitrogen and oxygen atoms in total. The normalized spacial score (nSPS) is 17.9. The highest BCUT2D eigenvalue weighted by atomic mass is 16.6. The predicted molar refractivity (Wildman–Crippen MR) is 57.6 cm³/mol. The highest BCUT2D eigenvalue weighted by Crippen LogP contribution is 2.16. The largest absolute Gasteiger partial charge is 0.491 e. The maximum atomic E-state index is 11.3. The SMILES string of the molecule is CCOC(=O)c1ccc(OCC2CO2)cc1. The van der Waals surface area contributed by atoms with Crippen LogP contribution in [-0.2, 0) is 9.47 Å². The lowest BCUT2D eigenvalue weighted by Gasteiger charge is -2.05. The zero-order chi connectivity index (χ0) is 11.4. The number of benzene rings is 1. The molecule has 1 atom stereocenters. The lowest BCUT2D eigenvalue weighted by Crippen LogP contribution is -2.06. The van der Waals surface area contributed by atoms with E-state index in [1.165, 1.54) is 0 Å². The first-order valence-electron chi connectivity index (χ1n) is 5.31. The minimum Gasteiger partial charge on any atom is -0.491 e. The molecule has 0 bridgehead atoms. The number of hydrogen-bond acceptors (Lipinski definition) is 4. The summed E-state index contributed by atoms with van der Waals surface area (Å²) in [5, 5.41) is 0. The van der Waals surface area contributed by atoms with Gasteiger partial charge in [-0.05, 0) is 31.2 Å². The number of ether oxygens (including phenoxy) is 3. The van der Waals surface area contributed by atoms with Gasteiger partial charge < -0.3 is 14.2 Å². The van der Waals surface area contributed by atoms with E-state index >= 15 is 0 Å². The number of rotatable bonds is 5. The average molecular weight is 222 g/mol. The van der Waals surface area contributed by atoms with Gasteiger partial charge in [-0.1, -0.05) is 0 Å². The molecule has 1 aliphatic heterocycles. The Morgan fingerprint density at radius 2 is 2.12 bits per heavy atom. The van der Waals surface area contributed by atoms with Gasteiger partial charge in [-0.25, -0.2) is 4.79 Å². The van der Waals surface area contributed by atoms with Crippen LogP contribution in [0.15, 0.2) is 24.3 Å². The van der Waals surface area contributed by atoms with Crippen molar-refractivity contribution in [1.29, 1.82) is 0 Å². The van der Waals surface area contributed by atoms with Gasteiger partial charge in [0.15, 0.2) is 0 Å². The van der Waals surface area contributed by atoms with Crippen molar-refractivity contribution < 1.29 is 19.0 Å². The summed E-state index contributed by atoms with van der Waals surface area (Å²) in [4.78, 5) is 11.3. The van der Waals surface area contributed by atoms with Crippen LogP contribution in [0.4, 0.5) is 0 Å². The Bertz CT molecular complexity index is 354. The Morgan fingerprint density at radius 1 is 1.44 bits per heavy atom. The van der Waals surface area contributed by atoms with Gasteiger partial charge in [-0.15, -0.1) is 0 Å². The molecule has 1 fully saturated rings. The highest BCUT2D eigenvalue weighted by Gasteiger charge is 2.23. The van der Waals surface area contributed by atoms with Crippen molar-refractivity contribution in [2.45, 2.75) is 13.0 Å². The van der Waals surface area contributed by atoms with E-state index in [9.17, 15) is 4.79 Å². The van der Waals surface area contributed by atoms with Crippen LogP contribution in [-0.4, -0.2) is 31.9 Å². The molecular formula is C12H14O4. The smallest absolute Gasteiger partial charge is 0.338 e. The molecule has 1 saturated heterocycles. The maximum Gasteiger partial charge on any atom is 0.338 e. The third-order valence-corrected chi connectivity index (χ3v) is 2.20. The second-order valence-electron chi connectivity index (χ2n) is 3.51. The second kappa shape index (κ2) is 4.99. The van der Waals surface area contributed by atoms with E-state index in [4.69, 9.17) is 14.2 Å². The van der Waals surface area contributed by atoms with Gasteiger partial charge >= 0.3 is 5.97 Å². The van der Waals surface area contributed by atoms with E-state index in [0.717, 1.165) is 12.4 Å². The molecule has 0 aliphatic carbocycles. The Kier molecular flexibility index (Phi) is 3.41. The minimum atomic E-state index is -0.306. The van der Waals surface area contributed by atoms with Gasteiger partial charge in [-0.3, -0.25) is 0 Å². The Morgan fingerprint density at radius 3 is 2.69 bits per heavy atom. The van der Waals surface area contributed by atoms with Crippen molar-refractivity contribution in [2.75, 3.05) is 19.8 Å². The van der Waals surface area contributed by atoms with Gasteiger partial charge in [0.05, 0.1) is 18.8 Å². The standard InChI is InChI=1S/C12H14O4/c1-2-14-12(13)9-3-5-10(6-4-9)15-7-11-8-16-11/h3-6,11H,2,7-8H2,1H3. The quantitative estimate of drug-likeness (QED) is 0.561. The molecular weight excluding hydrogens is 208 g/mol. The monoisotopic (exact) mass is 222 g/mol. The molecule has 1 aromatic rings. The van der Waals surface area contributed by atoms with Crippen LogP contribution < -0.4 is 4.74 Å². The van der Waals surface area contributed by atoms with E-state index in [-0.39, 0.29) is 12.1 Å². The number of carbonyl (C=O) groups is 1. The first kappa shape index (κ1) is 11.0. The van der Waals surface area contributed by atoms with Crippen molar-refractivity contribution >= 4 is 5.97 Å². The topological polar surface area (TPSA) is 48.1 Å². The van der Waals surface area contributed by atoms with E-state index in [1.54, 1.807) is 31.2 Å². The molecule has 0 saturated carbocycles. The van der Waals surface area contributed by atoms with E-state index in [0.29, 0.717) is 18.8 Å². The predicted octanol–water partition coefficient (Wildman–Crippen LogP) is 1.64. The fraction of sp³-hybridized carbons (Fsp3) is 0.417. The van der Waals surface area contributed by atoms with Gasteiger partial charge in [0.25, 0.3) is 0 Å². The summed E-state index contributed by atoms with van der Waals surface area (Å²) in [6, 6.07) is 6.91. The van der Waals surface area contributed by atoms with Gasteiger partial charge in [0.1, 0.15) is 18.5 Å². The van der Waals surface area contributed by atoms with Crippen LogP contribution in [0, 0.1) is 0 Å². The van der Waals surface area contributed by atoms with Crippen molar-refractivity contribution in [3.05, 3.63) is 29.8 Å². The van der Waals surface area contributed by atoms with Crippen molar-refractivity contribution in [3.8, 4) is 5.75 Å². The summed E-state index contributed by atoms with van der Waals surface area (Å²) in [5.41, 5.74) is 0.539. The van der Waals surface area contributed by atoms with Crippen molar-refractivity contribution in [1.82, 2.24) is 0 Å². The molecule has 1 heterocycles. The summed E-state index contributed by atoms with van der Waals surface area (Å²) in [6.45, 7) is 3.51. The summed E-state index contributed by atoms with van der Waals surface area (Å²) in [5.74, 6) is 0.433. The fourth-order valence-electron chi connectivity index (χ4n) is 1.26. The molecule has 1 unspecified atom stereocenters. The summed E-state index contributed by atoms with van der Waals surface area (Å²) in [7, 11) is 0. The molecule has 0 radical (unpaired) electrons. The molecule has 0 amide bonds. The zero-order valence-corrected chi connectivity index (χ0v) is 9.14. The van der Waals surface area contributed by atoms with Crippen LogP contribution >= 0.6 is 0 Å². The molecule has 0 aromatic heterocycles. The third-order valence-electron chi connectivity index (χ3n) is 2.20. The van der Waals surface area contributed by atoms with Gasteiger partial charge in [0, 0.05) is 0 Å². The molecule has 1 aliphatic rings. The van der Waals surface area contributed by atoms with E-state index in [1.807, 2.05) is 0 Å². The highest BCUT2D eigenvalue weighted by molar-refractivity contribution is 5.89. The minimum absolute atomic E-state index is 0.240. The summed E-state index contributed by atoms with van der Waals surface area (Å²) in [6.07, 6.45) is 0.240. The molecule has 1 aromatic carbocycles. The first-order valence-corrected chi connectivity index (χ1v) is 5.31. The fourth-order valence-corrected chi connectivity index (χ4v) is 1.26. The molecule has 86 valence electrons. The molecule has 2 rings (SSSR count). The number of epoxide rings is 1. The maximum absolute atomic E-state index is 11.3. The third kappa shape index (κ3) is 2.97. The average Bonchev–Trinajstić information content (AvgIpc) is 3.11. The zero-order valence-electron chi connectivity index (χ0n) is 9.14. The molecule has 0 N–H and O–H groups in total. The number of esters is 1. The second-order valence-corrected chi connectivity index (χ2v) is 3.51.